The van der Waals surface area contributed by atoms with Gasteiger partial charge in [0.15, 0.2) is 6.29 Å². The molecule has 5 aliphatic rings. The van der Waals surface area contributed by atoms with E-state index in [2.05, 4.69) is 20.8 Å². The topological polar surface area (TPSA) is 82.1 Å². The molecule has 6 heteroatoms. The molecule has 5 rings (SSSR count). The first-order chi connectivity index (χ1) is 13.1. The van der Waals surface area contributed by atoms with Crippen LogP contribution in [0.5, 0.6) is 0 Å². The third kappa shape index (κ3) is 2.11. The normalized spacial score (nSPS) is 53.6. The zero-order chi connectivity index (χ0) is 20.1. The molecule has 2 saturated heterocycles. The summed E-state index contributed by atoms with van der Waals surface area (Å²) in [5.41, 5.74) is -0.589. The maximum Gasteiger partial charge on any atom is 0.311 e. The van der Waals surface area contributed by atoms with E-state index in [4.69, 9.17) is 14.2 Å². The first-order valence-corrected chi connectivity index (χ1v) is 10.8. The number of carbonyl (C=O) groups excluding carboxylic acids is 2. The molecule has 1 N–H and O–H groups in total. The van der Waals surface area contributed by atoms with Crippen LogP contribution in [-0.4, -0.2) is 35.7 Å². The van der Waals surface area contributed by atoms with Crippen molar-refractivity contribution in [2.75, 3.05) is 0 Å². The molecular weight excluding hydrogens is 360 g/mol. The number of aliphatic hydroxyl groups excluding tert-OH is 1. The SMILES string of the molecule is CC(=O)OC1C[C@H]2C(C)(C)CCC[C@]2(C)[C@H]2CC[C@H]3C(=O)O[C@H]4O[C@@H](O)C12[C@H]43. The molecule has 156 valence electrons. The molecule has 2 aliphatic heterocycles. The fraction of sp³-hybridized carbons (Fsp3) is 0.909. The Labute approximate surface area is 166 Å². The summed E-state index contributed by atoms with van der Waals surface area (Å²) >= 11 is 0. The highest BCUT2D eigenvalue weighted by Crippen LogP contribution is 2.73. The van der Waals surface area contributed by atoms with E-state index in [1.807, 2.05) is 0 Å². The molecule has 28 heavy (non-hydrogen) atoms. The summed E-state index contributed by atoms with van der Waals surface area (Å²) in [4.78, 5) is 24.6. The second-order valence-corrected chi connectivity index (χ2v) is 10.8. The van der Waals surface area contributed by atoms with Gasteiger partial charge < -0.3 is 19.3 Å². The van der Waals surface area contributed by atoms with E-state index in [0.717, 1.165) is 32.1 Å². The van der Waals surface area contributed by atoms with Gasteiger partial charge in [-0.2, -0.15) is 0 Å². The van der Waals surface area contributed by atoms with Crippen LogP contribution in [0.1, 0.15) is 66.2 Å². The molecule has 5 fully saturated rings. The maximum absolute atomic E-state index is 12.5. The Morgan fingerprint density at radius 1 is 1.18 bits per heavy atom. The number of carbonyl (C=O) groups is 2. The van der Waals surface area contributed by atoms with Crippen molar-refractivity contribution >= 4 is 11.9 Å². The maximum atomic E-state index is 12.5. The van der Waals surface area contributed by atoms with Crippen LogP contribution in [-0.2, 0) is 23.8 Å². The van der Waals surface area contributed by atoms with Gasteiger partial charge >= 0.3 is 11.9 Å². The Morgan fingerprint density at radius 3 is 2.64 bits per heavy atom. The van der Waals surface area contributed by atoms with Crippen LogP contribution in [0.2, 0.25) is 0 Å². The van der Waals surface area contributed by atoms with Gasteiger partial charge in [0, 0.05) is 12.8 Å². The van der Waals surface area contributed by atoms with Crippen LogP contribution in [0.4, 0.5) is 0 Å². The number of fused-ring (bicyclic) bond motifs is 2. The standard InChI is InChI=1S/C22H32O6/c1-11(23)26-15-10-14-20(2,3)8-5-9-21(14,4)13-7-6-12-16-18(27-17(12)24)28-19(25)22(13,15)16/h12-16,18-19,25H,5-10H2,1-4H3/t12-,13-,14+,15?,16+,18+,19-,21-,22?/m1/s1. The van der Waals surface area contributed by atoms with Gasteiger partial charge in [0.25, 0.3) is 0 Å². The number of hydrogen-bond acceptors (Lipinski definition) is 6. The van der Waals surface area contributed by atoms with E-state index in [1.54, 1.807) is 0 Å². The fourth-order valence-corrected chi connectivity index (χ4v) is 8.45. The number of rotatable bonds is 1. The molecular formula is C22H32O6. The highest BCUT2D eigenvalue weighted by Gasteiger charge is 2.78. The van der Waals surface area contributed by atoms with E-state index < -0.39 is 24.1 Å². The monoisotopic (exact) mass is 392 g/mol. The van der Waals surface area contributed by atoms with Crippen LogP contribution >= 0.6 is 0 Å². The molecule has 6 nitrogen and oxygen atoms in total. The van der Waals surface area contributed by atoms with Gasteiger partial charge in [0.2, 0.25) is 6.29 Å². The Bertz CT molecular complexity index is 718. The summed E-state index contributed by atoms with van der Waals surface area (Å²) in [5, 5.41) is 11.2. The van der Waals surface area contributed by atoms with E-state index in [9.17, 15) is 14.7 Å². The van der Waals surface area contributed by atoms with Crippen molar-refractivity contribution in [3.63, 3.8) is 0 Å². The van der Waals surface area contributed by atoms with Crippen LogP contribution in [0.3, 0.4) is 0 Å². The molecule has 0 aromatic carbocycles. The summed E-state index contributed by atoms with van der Waals surface area (Å²) in [6.45, 7) is 8.46. The van der Waals surface area contributed by atoms with Crippen molar-refractivity contribution in [1.82, 2.24) is 0 Å². The molecule has 0 bridgehead atoms. The average molecular weight is 392 g/mol. The first kappa shape index (κ1) is 18.9. The van der Waals surface area contributed by atoms with E-state index in [-0.39, 0.29) is 40.5 Å². The fourth-order valence-electron chi connectivity index (χ4n) is 8.45. The molecule has 2 unspecified atom stereocenters. The minimum Gasteiger partial charge on any atom is -0.462 e. The summed E-state index contributed by atoms with van der Waals surface area (Å²) < 4.78 is 17.3. The largest absolute Gasteiger partial charge is 0.462 e. The molecule has 3 saturated carbocycles. The number of ether oxygens (including phenoxy) is 3. The Kier molecular flexibility index (Phi) is 3.85. The Balaban J connectivity index is 1.68. The third-order valence-electron chi connectivity index (χ3n) is 9.29. The highest BCUT2D eigenvalue weighted by molar-refractivity contribution is 5.76. The second kappa shape index (κ2) is 5.72. The lowest BCUT2D eigenvalue weighted by atomic mass is 9.37. The molecule has 3 aliphatic carbocycles. The lowest BCUT2D eigenvalue weighted by Gasteiger charge is -2.67. The van der Waals surface area contributed by atoms with Gasteiger partial charge in [-0.1, -0.05) is 27.2 Å². The molecule has 0 aromatic heterocycles. The predicted molar refractivity (Wildman–Crippen MR) is 98.5 cm³/mol. The van der Waals surface area contributed by atoms with E-state index in [0.29, 0.717) is 12.3 Å². The summed E-state index contributed by atoms with van der Waals surface area (Å²) in [7, 11) is 0. The molecule has 0 aromatic rings. The minimum absolute atomic E-state index is 0.0221. The Hall–Kier alpha value is -1.14. The van der Waals surface area contributed by atoms with Crippen molar-refractivity contribution in [3.05, 3.63) is 0 Å². The number of esters is 2. The predicted octanol–water partition coefficient (Wildman–Crippen LogP) is 3.01. The molecule has 1 spiro atoms. The summed E-state index contributed by atoms with van der Waals surface area (Å²) in [6.07, 6.45) is 3.49. The Morgan fingerprint density at radius 2 is 1.93 bits per heavy atom. The summed E-state index contributed by atoms with van der Waals surface area (Å²) in [5.74, 6) is -0.530. The van der Waals surface area contributed by atoms with Crippen molar-refractivity contribution in [3.8, 4) is 0 Å². The van der Waals surface area contributed by atoms with E-state index >= 15 is 0 Å². The van der Waals surface area contributed by atoms with Crippen LogP contribution in [0.15, 0.2) is 0 Å². The summed E-state index contributed by atoms with van der Waals surface area (Å²) in [6, 6.07) is 0. The van der Waals surface area contributed by atoms with Gasteiger partial charge in [-0.05, 0) is 54.8 Å². The molecule has 0 radical (unpaired) electrons. The number of aliphatic hydroxyl groups is 1. The van der Waals surface area contributed by atoms with Gasteiger partial charge in [-0.25, -0.2) is 0 Å². The van der Waals surface area contributed by atoms with Crippen molar-refractivity contribution in [1.29, 1.82) is 0 Å². The van der Waals surface area contributed by atoms with Crippen molar-refractivity contribution < 1.29 is 28.9 Å². The van der Waals surface area contributed by atoms with Crippen LogP contribution < -0.4 is 0 Å². The smallest absolute Gasteiger partial charge is 0.311 e. The third-order valence-corrected chi connectivity index (χ3v) is 9.29. The van der Waals surface area contributed by atoms with Crippen molar-refractivity contribution in [2.24, 2.45) is 39.9 Å². The van der Waals surface area contributed by atoms with Crippen LogP contribution in [0, 0.1) is 39.9 Å². The first-order valence-electron chi connectivity index (χ1n) is 10.8. The molecule has 2 heterocycles. The van der Waals surface area contributed by atoms with Gasteiger partial charge in [-0.3, -0.25) is 9.59 Å². The van der Waals surface area contributed by atoms with E-state index in [1.165, 1.54) is 6.92 Å². The van der Waals surface area contributed by atoms with Crippen LogP contribution in [0.25, 0.3) is 0 Å². The lowest BCUT2D eigenvalue weighted by Crippen LogP contribution is -2.68. The lowest BCUT2D eigenvalue weighted by molar-refractivity contribution is -0.278. The molecule has 0 amide bonds. The number of hydrogen-bond donors (Lipinski definition) is 1. The average Bonchev–Trinajstić information content (AvgIpc) is 3.06. The van der Waals surface area contributed by atoms with Gasteiger partial charge in [0.1, 0.15) is 6.10 Å². The minimum atomic E-state index is -1.07. The zero-order valence-corrected chi connectivity index (χ0v) is 17.3. The quantitative estimate of drug-likeness (QED) is 0.691. The zero-order valence-electron chi connectivity index (χ0n) is 17.3. The highest BCUT2D eigenvalue weighted by atomic mass is 16.8. The van der Waals surface area contributed by atoms with Crippen molar-refractivity contribution in [2.45, 2.75) is 84.9 Å². The van der Waals surface area contributed by atoms with Gasteiger partial charge in [-0.15, -0.1) is 0 Å². The molecule has 9 atom stereocenters. The van der Waals surface area contributed by atoms with Gasteiger partial charge in [0.05, 0.1) is 11.3 Å². The second-order valence-electron chi connectivity index (χ2n) is 10.8.